The molecule has 1 aromatic carbocycles. The third-order valence-corrected chi connectivity index (χ3v) is 3.39. The van der Waals surface area contributed by atoms with Crippen LogP contribution in [0.25, 0.3) is 0 Å². The molecule has 1 unspecified atom stereocenters. The Hall–Kier alpha value is -1.88. The molecule has 0 aromatic heterocycles. The van der Waals surface area contributed by atoms with Gasteiger partial charge >= 0.3 is 5.97 Å². The molecule has 0 radical (unpaired) electrons. The van der Waals surface area contributed by atoms with E-state index in [2.05, 4.69) is 10.6 Å². The van der Waals surface area contributed by atoms with Crippen molar-refractivity contribution < 1.29 is 14.7 Å². The SMILES string of the molecule is CCCC(NCC(=O)Nc1c(C)cccc1CC)C(=O)O. The maximum absolute atomic E-state index is 12.0. The average Bonchev–Trinajstić information content (AvgIpc) is 2.45. The second kappa shape index (κ2) is 8.42. The smallest absolute Gasteiger partial charge is 0.320 e. The number of nitrogens with one attached hydrogen (secondary N) is 2. The molecule has 0 saturated heterocycles. The van der Waals surface area contributed by atoms with Crippen molar-refractivity contribution in [3.63, 3.8) is 0 Å². The Bertz CT molecular complexity index is 500. The van der Waals surface area contributed by atoms with E-state index < -0.39 is 12.0 Å². The van der Waals surface area contributed by atoms with Gasteiger partial charge in [-0.1, -0.05) is 38.5 Å². The molecule has 5 nitrogen and oxygen atoms in total. The molecule has 0 saturated carbocycles. The van der Waals surface area contributed by atoms with Crippen molar-refractivity contribution in [1.82, 2.24) is 5.32 Å². The van der Waals surface area contributed by atoms with Gasteiger partial charge in [-0.2, -0.15) is 0 Å². The second-order valence-corrected chi connectivity index (χ2v) is 5.07. The van der Waals surface area contributed by atoms with Crippen molar-refractivity contribution in [1.29, 1.82) is 0 Å². The zero-order valence-corrected chi connectivity index (χ0v) is 12.9. The van der Waals surface area contributed by atoms with E-state index in [0.29, 0.717) is 6.42 Å². The van der Waals surface area contributed by atoms with Crippen LogP contribution in [0.5, 0.6) is 0 Å². The third kappa shape index (κ3) is 5.19. The van der Waals surface area contributed by atoms with Gasteiger partial charge < -0.3 is 10.4 Å². The van der Waals surface area contributed by atoms with E-state index in [0.717, 1.165) is 29.7 Å². The molecule has 0 fully saturated rings. The molecule has 21 heavy (non-hydrogen) atoms. The number of benzene rings is 1. The van der Waals surface area contributed by atoms with Crippen LogP contribution in [0.2, 0.25) is 0 Å². The lowest BCUT2D eigenvalue weighted by atomic mass is 10.1. The number of aliphatic carboxylic acids is 1. The van der Waals surface area contributed by atoms with Gasteiger partial charge in [0, 0.05) is 5.69 Å². The molecule has 1 amide bonds. The maximum atomic E-state index is 12.0. The van der Waals surface area contributed by atoms with E-state index in [-0.39, 0.29) is 12.5 Å². The first-order valence-electron chi connectivity index (χ1n) is 7.34. The van der Waals surface area contributed by atoms with Crippen molar-refractivity contribution >= 4 is 17.6 Å². The Labute approximate surface area is 125 Å². The summed E-state index contributed by atoms with van der Waals surface area (Å²) in [6, 6.07) is 5.21. The van der Waals surface area contributed by atoms with Gasteiger partial charge in [0.25, 0.3) is 0 Å². The number of carboxylic acid groups (broad SMARTS) is 1. The lowest BCUT2D eigenvalue weighted by Crippen LogP contribution is -2.41. The summed E-state index contributed by atoms with van der Waals surface area (Å²) in [7, 11) is 0. The number of rotatable bonds is 8. The molecule has 1 aromatic rings. The molecule has 0 aliphatic rings. The van der Waals surface area contributed by atoms with E-state index in [1.54, 1.807) is 0 Å². The first kappa shape index (κ1) is 17.2. The van der Waals surface area contributed by atoms with E-state index in [1.807, 2.05) is 39.0 Å². The molecular weight excluding hydrogens is 268 g/mol. The number of carboxylic acids is 1. The highest BCUT2D eigenvalue weighted by Crippen LogP contribution is 2.20. The Morgan fingerprint density at radius 3 is 2.57 bits per heavy atom. The fraction of sp³-hybridized carbons (Fsp3) is 0.500. The number of carbonyl (C=O) groups excluding carboxylic acids is 1. The number of anilines is 1. The van der Waals surface area contributed by atoms with Crippen LogP contribution < -0.4 is 10.6 Å². The Morgan fingerprint density at radius 2 is 2.00 bits per heavy atom. The molecule has 1 rings (SSSR count). The molecule has 116 valence electrons. The Balaban J connectivity index is 2.64. The third-order valence-electron chi connectivity index (χ3n) is 3.39. The molecular formula is C16H24N2O3. The highest BCUT2D eigenvalue weighted by molar-refractivity contribution is 5.94. The fourth-order valence-corrected chi connectivity index (χ4v) is 2.20. The van der Waals surface area contributed by atoms with Gasteiger partial charge in [0.1, 0.15) is 6.04 Å². The summed E-state index contributed by atoms with van der Waals surface area (Å²) in [5.41, 5.74) is 2.91. The van der Waals surface area contributed by atoms with Gasteiger partial charge in [-0.15, -0.1) is 0 Å². The van der Waals surface area contributed by atoms with Crippen LogP contribution in [0.3, 0.4) is 0 Å². The minimum atomic E-state index is -0.921. The molecule has 1 atom stereocenters. The maximum Gasteiger partial charge on any atom is 0.320 e. The summed E-state index contributed by atoms with van der Waals surface area (Å²) in [4.78, 5) is 23.0. The molecule has 0 bridgehead atoms. The normalized spacial score (nSPS) is 12.0. The van der Waals surface area contributed by atoms with Crippen molar-refractivity contribution in [3.05, 3.63) is 29.3 Å². The topological polar surface area (TPSA) is 78.4 Å². The standard InChI is InChI=1S/C16H24N2O3/c1-4-7-13(16(20)21)17-10-14(19)18-15-11(3)8-6-9-12(15)5-2/h6,8-9,13,17H,4-5,7,10H2,1-3H3,(H,18,19)(H,20,21). The van der Waals surface area contributed by atoms with Crippen molar-refractivity contribution in [2.75, 3.05) is 11.9 Å². The zero-order chi connectivity index (χ0) is 15.8. The van der Waals surface area contributed by atoms with Gasteiger partial charge in [0.2, 0.25) is 5.91 Å². The number of carbonyl (C=O) groups is 2. The lowest BCUT2D eigenvalue weighted by Gasteiger charge is -2.15. The number of aryl methyl sites for hydroxylation is 2. The fourth-order valence-electron chi connectivity index (χ4n) is 2.20. The summed E-state index contributed by atoms with van der Waals surface area (Å²) in [6.07, 6.45) is 2.09. The highest BCUT2D eigenvalue weighted by Gasteiger charge is 2.17. The number of hydrogen-bond acceptors (Lipinski definition) is 3. The van der Waals surface area contributed by atoms with Crippen LogP contribution >= 0.6 is 0 Å². The summed E-state index contributed by atoms with van der Waals surface area (Å²) < 4.78 is 0. The van der Waals surface area contributed by atoms with Crippen LogP contribution in [0.1, 0.15) is 37.8 Å². The lowest BCUT2D eigenvalue weighted by molar-refractivity contribution is -0.139. The van der Waals surface area contributed by atoms with Crippen LogP contribution in [-0.4, -0.2) is 29.6 Å². The summed E-state index contributed by atoms with van der Waals surface area (Å²) in [6.45, 7) is 5.89. The highest BCUT2D eigenvalue weighted by atomic mass is 16.4. The Kier molecular flexibility index (Phi) is 6.88. The molecule has 3 N–H and O–H groups in total. The van der Waals surface area contributed by atoms with Crippen molar-refractivity contribution in [2.45, 2.75) is 46.1 Å². The van der Waals surface area contributed by atoms with Gasteiger partial charge in [-0.25, -0.2) is 0 Å². The van der Waals surface area contributed by atoms with Crippen LogP contribution in [-0.2, 0) is 16.0 Å². The first-order chi connectivity index (χ1) is 9.99. The first-order valence-corrected chi connectivity index (χ1v) is 7.34. The minimum absolute atomic E-state index is 0.00550. The quantitative estimate of drug-likeness (QED) is 0.687. The van der Waals surface area contributed by atoms with Crippen LogP contribution in [0, 0.1) is 6.92 Å². The molecule has 5 heteroatoms. The average molecular weight is 292 g/mol. The molecule has 0 heterocycles. The van der Waals surface area contributed by atoms with E-state index >= 15 is 0 Å². The van der Waals surface area contributed by atoms with Gasteiger partial charge in [0.05, 0.1) is 6.54 Å². The van der Waals surface area contributed by atoms with Gasteiger partial charge in [-0.3, -0.25) is 14.9 Å². The zero-order valence-electron chi connectivity index (χ0n) is 12.9. The summed E-state index contributed by atoms with van der Waals surface area (Å²) >= 11 is 0. The van der Waals surface area contributed by atoms with Crippen molar-refractivity contribution in [3.8, 4) is 0 Å². The number of amides is 1. The Morgan fingerprint density at radius 1 is 1.29 bits per heavy atom. The molecule has 0 aliphatic heterocycles. The van der Waals surface area contributed by atoms with Crippen LogP contribution in [0.15, 0.2) is 18.2 Å². The predicted molar refractivity (Wildman–Crippen MR) is 83.5 cm³/mol. The van der Waals surface area contributed by atoms with E-state index in [4.69, 9.17) is 5.11 Å². The number of hydrogen-bond donors (Lipinski definition) is 3. The van der Waals surface area contributed by atoms with Crippen molar-refractivity contribution in [2.24, 2.45) is 0 Å². The summed E-state index contributed by atoms with van der Waals surface area (Å²) in [5.74, 6) is -1.14. The molecule has 0 aliphatic carbocycles. The number of para-hydroxylation sites is 1. The summed E-state index contributed by atoms with van der Waals surface area (Å²) in [5, 5.41) is 14.7. The predicted octanol–water partition coefficient (Wildman–Crippen LogP) is 2.34. The second-order valence-electron chi connectivity index (χ2n) is 5.07. The molecule has 0 spiro atoms. The largest absolute Gasteiger partial charge is 0.480 e. The van der Waals surface area contributed by atoms with E-state index in [9.17, 15) is 9.59 Å². The van der Waals surface area contributed by atoms with Gasteiger partial charge in [0.15, 0.2) is 0 Å². The monoisotopic (exact) mass is 292 g/mol. The van der Waals surface area contributed by atoms with Gasteiger partial charge in [-0.05, 0) is 30.9 Å². The van der Waals surface area contributed by atoms with Crippen LogP contribution in [0.4, 0.5) is 5.69 Å². The van der Waals surface area contributed by atoms with E-state index in [1.165, 1.54) is 0 Å². The minimum Gasteiger partial charge on any atom is -0.480 e.